The van der Waals surface area contributed by atoms with E-state index < -0.39 is 6.04 Å². The molecule has 4 aromatic rings. The van der Waals surface area contributed by atoms with Gasteiger partial charge in [0.05, 0.1) is 23.3 Å². The van der Waals surface area contributed by atoms with E-state index in [1.54, 1.807) is 18.3 Å². The SMILES string of the molecule is Cc1cc2nc(Cc3ccccc3F)n([C@@H](C)C(=O)NCc3ccccn3)c2cc1C. The lowest BCUT2D eigenvalue weighted by atomic mass is 10.1. The summed E-state index contributed by atoms with van der Waals surface area (Å²) in [5.74, 6) is 0.240. The van der Waals surface area contributed by atoms with Gasteiger partial charge in [-0.2, -0.15) is 0 Å². The lowest BCUT2D eigenvalue weighted by Crippen LogP contribution is -2.31. The number of aryl methyl sites for hydroxylation is 2. The fraction of sp³-hybridized carbons (Fsp3) is 0.240. The minimum absolute atomic E-state index is 0.141. The molecule has 0 radical (unpaired) electrons. The highest BCUT2D eigenvalue weighted by Gasteiger charge is 2.23. The van der Waals surface area contributed by atoms with Gasteiger partial charge in [0.2, 0.25) is 5.91 Å². The molecule has 0 saturated carbocycles. The van der Waals surface area contributed by atoms with Crippen LogP contribution in [0.5, 0.6) is 0 Å². The van der Waals surface area contributed by atoms with E-state index in [-0.39, 0.29) is 11.7 Å². The smallest absolute Gasteiger partial charge is 0.243 e. The molecular weight excluding hydrogens is 391 g/mol. The average molecular weight is 417 g/mol. The third-order valence-corrected chi connectivity index (χ3v) is 5.62. The van der Waals surface area contributed by atoms with Gasteiger partial charge in [0.25, 0.3) is 0 Å². The van der Waals surface area contributed by atoms with Crippen LogP contribution in [0.4, 0.5) is 4.39 Å². The van der Waals surface area contributed by atoms with Crippen molar-refractivity contribution in [3.05, 3.63) is 94.8 Å². The van der Waals surface area contributed by atoms with Crippen molar-refractivity contribution in [2.45, 2.75) is 39.8 Å². The summed E-state index contributed by atoms with van der Waals surface area (Å²) in [5, 5.41) is 2.96. The van der Waals surface area contributed by atoms with Gasteiger partial charge >= 0.3 is 0 Å². The summed E-state index contributed by atoms with van der Waals surface area (Å²) in [6.45, 7) is 6.26. The molecule has 1 amide bonds. The number of halogens is 1. The summed E-state index contributed by atoms with van der Waals surface area (Å²) in [6, 6.07) is 15.8. The third kappa shape index (κ3) is 4.33. The zero-order chi connectivity index (χ0) is 22.0. The second-order valence-electron chi connectivity index (χ2n) is 7.81. The van der Waals surface area contributed by atoms with E-state index in [4.69, 9.17) is 4.98 Å². The van der Waals surface area contributed by atoms with Gasteiger partial charge in [0.1, 0.15) is 17.7 Å². The highest BCUT2D eigenvalue weighted by molar-refractivity contribution is 5.84. The van der Waals surface area contributed by atoms with Crippen molar-refractivity contribution in [2.75, 3.05) is 0 Å². The summed E-state index contributed by atoms with van der Waals surface area (Å²) >= 11 is 0. The summed E-state index contributed by atoms with van der Waals surface area (Å²) in [6.07, 6.45) is 2.00. The zero-order valence-electron chi connectivity index (χ0n) is 17.9. The number of amides is 1. The van der Waals surface area contributed by atoms with Gasteiger partial charge in [-0.1, -0.05) is 24.3 Å². The van der Waals surface area contributed by atoms with Crippen LogP contribution in [0, 0.1) is 19.7 Å². The number of hydrogen-bond acceptors (Lipinski definition) is 3. The molecule has 1 N–H and O–H groups in total. The van der Waals surface area contributed by atoms with Gasteiger partial charge in [0.15, 0.2) is 0 Å². The third-order valence-electron chi connectivity index (χ3n) is 5.62. The first-order valence-electron chi connectivity index (χ1n) is 10.3. The Morgan fingerprint density at radius 3 is 2.58 bits per heavy atom. The van der Waals surface area contributed by atoms with E-state index in [1.807, 2.05) is 61.7 Å². The summed E-state index contributed by atoms with van der Waals surface area (Å²) in [7, 11) is 0. The molecule has 0 bridgehead atoms. The first kappa shape index (κ1) is 20.7. The van der Waals surface area contributed by atoms with E-state index in [0.29, 0.717) is 24.4 Å². The van der Waals surface area contributed by atoms with Crippen molar-refractivity contribution < 1.29 is 9.18 Å². The highest BCUT2D eigenvalue weighted by atomic mass is 19.1. The number of aromatic nitrogens is 3. The molecular formula is C25H25FN4O. The molecule has 2 aromatic carbocycles. The van der Waals surface area contributed by atoms with Crippen LogP contribution in [0.1, 0.15) is 41.2 Å². The quantitative estimate of drug-likeness (QED) is 0.498. The molecule has 2 aromatic heterocycles. The summed E-state index contributed by atoms with van der Waals surface area (Å²) < 4.78 is 16.3. The Morgan fingerprint density at radius 1 is 1.10 bits per heavy atom. The lowest BCUT2D eigenvalue weighted by molar-refractivity contribution is -0.124. The Bertz CT molecular complexity index is 1230. The Labute approximate surface area is 181 Å². The van der Waals surface area contributed by atoms with E-state index in [0.717, 1.165) is 27.9 Å². The number of hydrogen-bond donors (Lipinski definition) is 1. The molecule has 0 fully saturated rings. The topological polar surface area (TPSA) is 59.8 Å². The van der Waals surface area contributed by atoms with E-state index in [9.17, 15) is 9.18 Å². The standard InChI is InChI=1S/C25H25FN4O/c1-16-12-22-23(13-17(16)2)30(24(29-22)14-19-8-4-5-10-21(19)26)18(3)25(31)28-15-20-9-6-7-11-27-20/h4-13,18H,14-15H2,1-3H3,(H,28,31)/t18-/m0/s1. The molecule has 0 aliphatic rings. The molecule has 6 heteroatoms. The molecule has 158 valence electrons. The zero-order valence-corrected chi connectivity index (χ0v) is 17.9. The van der Waals surface area contributed by atoms with E-state index >= 15 is 0 Å². The molecule has 0 unspecified atom stereocenters. The number of benzene rings is 2. The molecule has 0 aliphatic heterocycles. The van der Waals surface area contributed by atoms with Gasteiger partial charge in [0, 0.05) is 12.6 Å². The van der Waals surface area contributed by atoms with Crippen LogP contribution in [-0.2, 0) is 17.8 Å². The maximum Gasteiger partial charge on any atom is 0.243 e. The molecule has 1 atom stereocenters. The Morgan fingerprint density at radius 2 is 1.84 bits per heavy atom. The van der Waals surface area contributed by atoms with E-state index in [1.165, 1.54) is 6.07 Å². The number of rotatable bonds is 6. The van der Waals surface area contributed by atoms with Crippen LogP contribution in [0.15, 0.2) is 60.8 Å². The van der Waals surface area contributed by atoms with Crippen LogP contribution in [0.3, 0.4) is 0 Å². The number of imidazole rings is 1. The molecule has 5 nitrogen and oxygen atoms in total. The van der Waals surface area contributed by atoms with Crippen LogP contribution in [0.2, 0.25) is 0 Å². The largest absolute Gasteiger partial charge is 0.349 e. The maximum absolute atomic E-state index is 14.3. The average Bonchev–Trinajstić information content (AvgIpc) is 3.10. The fourth-order valence-electron chi connectivity index (χ4n) is 3.71. The molecule has 0 aliphatic carbocycles. The Hall–Kier alpha value is -3.54. The van der Waals surface area contributed by atoms with Crippen LogP contribution in [0.25, 0.3) is 11.0 Å². The number of nitrogens with zero attached hydrogens (tertiary/aromatic N) is 3. The lowest BCUT2D eigenvalue weighted by Gasteiger charge is -2.18. The number of carbonyl (C=O) groups excluding carboxylic acids is 1. The Balaban J connectivity index is 1.70. The van der Waals surface area contributed by atoms with Crippen LogP contribution in [-0.4, -0.2) is 20.4 Å². The second-order valence-corrected chi connectivity index (χ2v) is 7.81. The van der Waals surface area contributed by atoms with Crippen LogP contribution < -0.4 is 5.32 Å². The number of fused-ring (bicyclic) bond motifs is 1. The number of carbonyl (C=O) groups is 1. The van der Waals surface area contributed by atoms with Gasteiger partial charge in [-0.25, -0.2) is 9.37 Å². The van der Waals surface area contributed by atoms with Crippen LogP contribution >= 0.6 is 0 Å². The fourth-order valence-corrected chi connectivity index (χ4v) is 3.71. The van der Waals surface area contributed by atoms with Crippen molar-refractivity contribution in [3.63, 3.8) is 0 Å². The first-order valence-corrected chi connectivity index (χ1v) is 10.3. The van der Waals surface area contributed by atoms with Crippen molar-refractivity contribution in [1.82, 2.24) is 19.9 Å². The Kier molecular flexibility index (Phi) is 5.80. The van der Waals surface area contributed by atoms with Crippen molar-refractivity contribution in [3.8, 4) is 0 Å². The van der Waals surface area contributed by atoms with Gasteiger partial charge < -0.3 is 9.88 Å². The predicted molar refractivity (Wildman–Crippen MR) is 119 cm³/mol. The van der Waals surface area contributed by atoms with Gasteiger partial charge in [-0.3, -0.25) is 9.78 Å². The maximum atomic E-state index is 14.3. The molecule has 0 saturated heterocycles. The molecule has 0 spiro atoms. The summed E-state index contributed by atoms with van der Waals surface area (Å²) in [4.78, 5) is 22.0. The summed E-state index contributed by atoms with van der Waals surface area (Å²) in [5.41, 5.74) is 5.26. The second kappa shape index (κ2) is 8.68. The van der Waals surface area contributed by atoms with Gasteiger partial charge in [-0.15, -0.1) is 0 Å². The van der Waals surface area contributed by atoms with Crippen molar-refractivity contribution in [1.29, 1.82) is 0 Å². The van der Waals surface area contributed by atoms with E-state index in [2.05, 4.69) is 10.3 Å². The molecule has 31 heavy (non-hydrogen) atoms. The number of nitrogens with one attached hydrogen (secondary N) is 1. The minimum Gasteiger partial charge on any atom is -0.349 e. The van der Waals surface area contributed by atoms with Crippen molar-refractivity contribution >= 4 is 16.9 Å². The molecule has 4 rings (SSSR count). The van der Waals surface area contributed by atoms with Gasteiger partial charge in [-0.05, 0) is 67.8 Å². The number of pyridine rings is 1. The monoisotopic (exact) mass is 416 g/mol. The predicted octanol–water partition coefficient (Wildman–Crippen LogP) is 4.66. The normalized spacial score (nSPS) is 12.1. The molecule has 2 heterocycles. The van der Waals surface area contributed by atoms with Crippen molar-refractivity contribution in [2.24, 2.45) is 0 Å². The highest BCUT2D eigenvalue weighted by Crippen LogP contribution is 2.26. The first-order chi connectivity index (χ1) is 14.9. The minimum atomic E-state index is -0.516.